The molecule has 13 heavy (non-hydrogen) atoms. The SMILES string of the molecule is Cc1nn(CCC(N)=S)c(C)c1Br. The molecule has 1 aromatic rings. The number of aryl methyl sites for hydroxylation is 2. The van der Waals surface area contributed by atoms with E-state index in [0.29, 0.717) is 11.4 Å². The highest BCUT2D eigenvalue weighted by Gasteiger charge is 2.07. The van der Waals surface area contributed by atoms with Crippen molar-refractivity contribution in [3.05, 3.63) is 15.9 Å². The topological polar surface area (TPSA) is 43.8 Å². The molecule has 0 fully saturated rings. The highest BCUT2D eigenvalue weighted by molar-refractivity contribution is 9.10. The maximum Gasteiger partial charge on any atom is 0.0745 e. The second-order valence-electron chi connectivity index (χ2n) is 2.92. The van der Waals surface area contributed by atoms with Crippen molar-refractivity contribution >= 4 is 33.1 Å². The Kier molecular flexibility index (Phi) is 3.44. The largest absolute Gasteiger partial charge is 0.393 e. The van der Waals surface area contributed by atoms with Gasteiger partial charge in [-0.1, -0.05) is 12.2 Å². The van der Waals surface area contributed by atoms with E-state index in [2.05, 4.69) is 21.0 Å². The van der Waals surface area contributed by atoms with Crippen molar-refractivity contribution < 1.29 is 0 Å². The molecule has 0 aromatic carbocycles. The van der Waals surface area contributed by atoms with Crippen LogP contribution >= 0.6 is 28.1 Å². The first-order valence-electron chi connectivity index (χ1n) is 4.00. The number of hydrogen-bond acceptors (Lipinski definition) is 2. The molecule has 1 aromatic heterocycles. The lowest BCUT2D eigenvalue weighted by Crippen LogP contribution is -2.13. The lowest BCUT2D eigenvalue weighted by molar-refractivity contribution is 0.612. The number of nitrogens with two attached hydrogens (primary N) is 1. The highest BCUT2D eigenvalue weighted by Crippen LogP contribution is 2.19. The number of hydrogen-bond donors (Lipinski definition) is 1. The van der Waals surface area contributed by atoms with Crippen molar-refractivity contribution in [1.82, 2.24) is 9.78 Å². The van der Waals surface area contributed by atoms with Crippen LogP contribution in [-0.4, -0.2) is 14.8 Å². The minimum Gasteiger partial charge on any atom is -0.393 e. The summed E-state index contributed by atoms with van der Waals surface area (Å²) >= 11 is 8.26. The predicted octanol–water partition coefficient (Wildman–Crippen LogP) is 1.94. The first-order valence-corrected chi connectivity index (χ1v) is 5.20. The minimum absolute atomic E-state index is 0.531. The Morgan fingerprint density at radius 1 is 1.62 bits per heavy atom. The van der Waals surface area contributed by atoms with Gasteiger partial charge in [-0.25, -0.2) is 0 Å². The molecule has 0 aliphatic carbocycles. The Balaban J connectivity index is 2.78. The van der Waals surface area contributed by atoms with Crippen molar-refractivity contribution in [3.63, 3.8) is 0 Å². The van der Waals surface area contributed by atoms with E-state index in [1.54, 1.807) is 0 Å². The molecule has 0 spiro atoms. The minimum atomic E-state index is 0.531. The molecule has 0 aliphatic rings. The molecule has 0 bridgehead atoms. The van der Waals surface area contributed by atoms with Gasteiger partial charge in [-0.2, -0.15) is 5.10 Å². The summed E-state index contributed by atoms with van der Waals surface area (Å²) in [5.74, 6) is 0. The highest BCUT2D eigenvalue weighted by atomic mass is 79.9. The first-order chi connectivity index (χ1) is 6.02. The first kappa shape index (κ1) is 10.7. The summed E-state index contributed by atoms with van der Waals surface area (Å²) in [7, 11) is 0. The summed E-state index contributed by atoms with van der Waals surface area (Å²) in [6.07, 6.45) is 0.698. The molecule has 0 saturated heterocycles. The Labute approximate surface area is 91.4 Å². The van der Waals surface area contributed by atoms with Gasteiger partial charge in [-0.15, -0.1) is 0 Å². The molecule has 72 valence electrons. The smallest absolute Gasteiger partial charge is 0.0745 e. The molecule has 0 aliphatic heterocycles. The van der Waals surface area contributed by atoms with Gasteiger partial charge in [-0.05, 0) is 29.8 Å². The molecule has 0 amide bonds. The predicted molar refractivity (Wildman–Crippen MR) is 60.8 cm³/mol. The van der Waals surface area contributed by atoms with Gasteiger partial charge >= 0.3 is 0 Å². The fourth-order valence-electron chi connectivity index (χ4n) is 1.11. The second kappa shape index (κ2) is 4.19. The molecule has 0 unspecified atom stereocenters. The fourth-order valence-corrected chi connectivity index (χ4v) is 1.48. The Hall–Kier alpha value is -0.420. The number of halogens is 1. The van der Waals surface area contributed by atoms with Gasteiger partial charge in [0.05, 0.1) is 15.2 Å². The Morgan fingerprint density at radius 2 is 2.23 bits per heavy atom. The van der Waals surface area contributed by atoms with Crippen molar-refractivity contribution in [1.29, 1.82) is 0 Å². The zero-order chi connectivity index (χ0) is 10.0. The lowest BCUT2D eigenvalue weighted by atomic mass is 10.4. The maximum atomic E-state index is 5.41. The quantitative estimate of drug-likeness (QED) is 0.846. The van der Waals surface area contributed by atoms with Gasteiger partial charge in [0, 0.05) is 18.7 Å². The van der Waals surface area contributed by atoms with Crippen LogP contribution < -0.4 is 5.73 Å². The molecule has 0 radical (unpaired) electrons. The number of aromatic nitrogens is 2. The van der Waals surface area contributed by atoms with Gasteiger partial charge in [0.25, 0.3) is 0 Å². The van der Waals surface area contributed by atoms with Crippen LogP contribution in [0.15, 0.2) is 4.47 Å². The molecule has 1 rings (SSSR count). The third-order valence-electron chi connectivity index (χ3n) is 1.86. The second-order valence-corrected chi connectivity index (χ2v) is 4.24. The molecular formula is C8H12BrN3S. The van der Waals surface area contributed by atoms with Gasteiger partial charge in [0.15, 0.2) is 0 Å². The van der Waals surface area contributed by atoms with Crippen LogP contribution in [0.1, 0.15) is 17.8 Å². The van der Waals surface area contributed by atoms with Crippen LogP contribution in [0.4, 0.5) is 0 Å². The van der Waals surface area contributed by atoms with E-state index in [-0.39, 0.29) is 0 Å². The summed E-state index contributed by atoms with van der Waals surface area (Å²) < 4.78 is 2.98. The monoisotopic (exact) mass is 261 g/mol. The Bertz CT molecular complexity index is 332. The molecule has 5 heteroatoms. The van der Waals surface area contributed by atoms with Gasteiger partial charge in [-0.3, -0.25) is 4.68 Å². The molecule has 0 atom stereocenters. The van der Waals surface area contributed by atoms with Crippen molar-refractivity contribution in [2.24, 2.45) is 5.73 Å². The molecule has 0 saturated carbocycles. The zero-order valence-corrected chi connectivity index (χ0v) is 10.1. The van der Waals surface area contributed by atoms with Crippen molar-refractivity contribution in [3.8, 4) is 0 Å². The van der Waals surface area contributed by atoms with E-state index in [4.69, 9.17) is 18.0 Å². The van der Waals surface area contributed by atoms with Crippen LogP contribution in [0.3, 0.4) is 0 Å². The van der Waals surface area contributed by atoms with Crippen LogP contribution in [0.2, 0.25) is 0 Å². The lowest BCUT2D eigenvalue weighted by Gasteiger charge is -2.02. The summed E-state index contributed by atoms with van der Waals surface area (Å²) in [6, 6.07) is 0. The average Bonchev–Trinajstić information content (AvgIpc) is 2.29. The van der Waals surface area contributed by atoms with Crippen LogP contribution in [-0.2, 0) is 6.54 Å². The third-order valence-corrected chi connectivity index (χ3v) is 3.21. The average molecular weight is 262 g/mol. The standard InChI is InChI=1S/C8H12BrN3S/c1-5-8(9)6(2)12(11-5)4-3-7(10)13/h3-4H2,1-2H3,(H2,10,13). The number of rotatable bonds is 3. The van der Waals surface area contributed by atoms with E-state index in [0.717, 1.165) is 22.4 Å². The number of thiocarbonyl (C=S) groups is 1. The maximum absolute atomic E-state index is 5.41. The normalized spacial score (nSPS) is 10.4. The van der Waals surface area contributed by atoms with Crippen LogP contribution in [0.5, 0.6) is 0 Å². The zero-order valence-electron chi connectivity index (χ0n) is 7.67. The number of nitrogens with zero attached hydrogens (tertiary/aromatic N) is 2. The molecular weight excluding hydrogens is 250 g/mol. The van der Waals surface area contributed by atoms with E-state index in [9.17, 15) is 0 Å². The van der Waals surface area contributed by atoms with Gasteiger partial charge in [0.1, 0.15) is 0 Å². The van der Waals surface area contributed by atoms with E-state index in [1.807, 2.05) is 18.5 Å². The third kappa shape index (κ3) is 2.51. The van der Waals surface area contributed by atoms with Gasteiger partial charge < -0.3 is 5.73 Å². The van der Waals surface area contributed by atoms with E-state index in [1.165, 1.54) is 0 Å². The van der Waals surface area contributed by atoms with Crippen LogP contribution in [0.25, 0.3) is 0 Å². The molecule has 1 heterocycles. The fraction of sp³-hybridized carbons (Fsp3) is 0.500. The summed E-state index contributed by atoms with van der Waals surface area (Å²) in [6.45, 7) is 4.74. The van der Waals surface area contributed by atoms with Crippen molar-refractivity contribution in [2.45, 2.75) is 26.8 Å². The summed E-state index contributed by atoms with van der Waals surface area (Å²) in [5.41, 5.74) is 7.53. The van der Waals surface area contributed by atoms with E-state index < -0.39 is 0 Å². The summed E-state index contributed by atoms with van der Waals surface area (Å²) in [5, 5.41) is 4.34. The van der Waals surface area contributed by atoms with Gasteiger partial charge in [0.2, 0.25) is 0 Å². The Morgan fingerprint density at radius 3 is 2.62 bits per heavy atom. The van der Waals surface area contributed by atoms with Crippen molar-refractivity contribution in [2.75, 3.05) is 0 Å². The van der Waals surface area contributed by atoms with Crippen LogP contribution in [0, 0.1) is 13.8 Å². The summed E-state index contributed by atoms with van der Waals surface area (Å²) in [4.78, 5) is 0.531. The molecule has 2 N–H and O–H groups in total. The van der Waals surface area contributed by atoms with E-state index >= 15 is 0 Å². The molecule has 3 nitrogen and oxygen atoms in total.